The lowest BCUT2D eigenvalue weighted by Gasteiger charge is -2.20. The second-order valence-electron chi connectivity index (χ2n) is 5.65. The van der Waals surface area contributed by atoms with E-state index in [1.54, 1.807) is 26.2 Å². The minimum absolute atomic E-state index is 0.0285. The van der Waals surface area contributed by atoms with E-state index in [4.69, 9.17) is 5.11 Å². The number of carboxylic acid groups (broad SMARTS) is 1. The topological polar surface area (TPSA) is 87.6 Å². The number of rotatable bonds is 6. The summed E-state index contributed by atoms with van der Waals surface area (Å²) in [6, 6.07) is 6.37. The average Bonchev–Trinajstić information content (AvgIpc) is 2.55. The maximum atomic E-state index is 12.8. The normalized spacial score (nSPS) is 11.7. The molecule has 0 saturated heterocycles. The molecule has 6 nitrogen and oxygen atoms in total. The number of hydrogen-bond donors (Lipinski definition) is 1. The number of pyridine rings is 1. The van der Waals surface area contributed by atoms with E-state index in [9.17, 15) is 13.2 Å². The highest BCUT2D eigenvalue weighted by molar-refractivity contribution is 7.89. The third kappa shape index (κ3) is 3.80. The third-order valence-corrected chi connectivity index (χ3v) is 6.00. The number of aryl methyl sites for hydroxylation is 1. The molecule has 2 aromatic rings. The van der Waals surface area contributed by atoms with Crippen LogP contribution in [-0.4, -0.2) is 42.4 Å². The molecule has 0 spiro atoms. The van der Waals surface area contributed by atoms with E-state index in [-0.39, 0.29) is 10.5 Å². The quantitative estimate of drug-likeness (QED) is 0.865. The summed E-state index contributed by atoms with van der Waals surface area (Å²) >= 11 is 0. The number of sulfonamides is 1. The molecule has 0 saturated carbocycles. The van der Waals surface area contributed by atoms with Crippen molar-refractivity contribution in [2.24, 2.45) is 0 Å². The molecule has 0 aliphatic rings. The standard InChI is InChI=1S/C17H20N2O4S/c1-12-10-15(17(20)21)11-16(13(12)2)24(22,23)19(3)9-6-14-4-7-18-8-5-14/h4-5,7-8,10-11H,6,9H2,1-3H3,(H,20,21). The van der Waals surface area contributed by atoms with Crippen molar-refractivity contribution in [3.63, 3.8) is 0 Å². The molecule has 128 valence electrons. The van der Waals surface area contributed by atoms with Crippen LogP contribution in [0.1, 0.15) is 27.0 Å². The monoisotopic (exact) mass is 348 g/mol. The van der Waals surface area contributed by atoms with Crippen molar-refractivity contribution in [3.8, 4) is 0 Å². The second-order valence-corrected chi connectivity index (χ2v) is 7.67. The average molecular weight is 348 g/mol. The van der Waals surface area contributed by atoms with Crippen molar-refractivity contribution in [2.45, 2.75) is 25.2 Å². The molecule has 24 heavy (non-hydrogen) atoms. The van der Waals surface area contributed by atoms with Gasteiger partial charge in [-0.15, -0.1) is 0 Å². The highest BCUT2D eigenvalue weighted by Gasteiger charge is 2.25. The second kappa shape index (κ2) is 7.11. The molecule has 1 aromatic heterocycles. The van der Waals surface area contributed by atoms with Gasteiger partial charge in [0.2, 0.25) is 10.0 Å². The summed E-state index contributed by atoms with van der Waals surface area (Å²) < 4.78 is 26.9. The number of aromatic nitrogens is 1. The van der Waals surface area contributed by atoms with Crippen molar-refractivity contribution < 1.29 is 18.3 Å². The number of aromatic carboxylic acids is 1. The van der Waals surface area contributed by atoms with Gasteiger partial charge in [0.05, 0.1) is 10.5 Å². The predicted molar refractivity (Wildman–Crippen MR) is 90.6 cm³/mol. The molecular weight excluding hydrogens is 328 g/mol. The molecule has 1 N–H and O–H groups in total. The van der Waals surface area contributed by atoms with Gasteiger partial charge in [0, 0.05) is 26.0 Å². The summed E-state index contributed by atoms with van der Waals surface area (Å²) in [4.78, 5) is 15.2. The first kappa shape index (κ1) is 18.1. The maximum absolute atomic E-state index is 12.8. The van der Waals surface area contributed by atoms with E-state index in [0.29, 0.717) is 24.1 Å². The van der Waals surface area contributed by atoms with Crippen molar-refractivity contribution >= 4 is 16.0 Å². The summed E-state index contributed by atoms with van der Waals surface area (Å²) in [5, 5.41) is 9.17. The zero-order valence-electron chi connectivity index (χ0n) is 13.9. The minimum atomic E-state index is -3.76. The largest absolute Gasteiger partial charge is 0.478 e. The number of likely N-dealkylation sites (N-methyl/N-ethyl adjacent to an activating group) is 1. The van der Waals surface area contributed by atoms with Crippen LogP contribution in [0.4, 0.5) is 0 Å². The Balaban J connectivity index is 2.30. The Morgan fingerprint density at radius 2 is 1.83 bits per heavy atom. The van der Waals surface area contributed by atoms with E-state index >= 15 is 0 Å². The smallest absolute Gasteiger partial charge is 0.335 e. The molecule has 7 heteroatoms. The molecule has 0 amide bonds. The number of carbonyl (C=O) groups is 1. The summed E-state index contributed by atoms with van der Waals surface area (Å²) in [5.41, 5.74) is 2.16. The SMILES string of the molecule is Cc1cc(C(=O)O)cc(S(=O)(=O)N(C)CCc2ccncc2)c1C. The van der Waals surface area contributed by atoms with Gasteiger partial charge >= 0.3 is 5.97 Å². The molecule has 0 atom stereocenters. The molecule has 0 aliphatic carbocycles. The van der Waals surface area contributed by atoms with Crippen molar-refractivity contribution in [1.29, 1.82) is 0 Å². The van der Waals surface area contributed by atoms with Gasteiger partial charge in [-0.05, 0) is 61.2 Å². The van der Waals surface area contributed by atoms with E-state index in [2.05, 4.69) is 4.98 Å². The van der Waals surface area contributed by atoms with Crippen LogP contribution >= 0.6 is 0 Å². The van der Waals surface area contributed by atoms with Crippen molar-refractivity contribution in [3.05, 3.63) is 58.9 Å². The molecule has 0 fully saturated rings. The first-order valence-electron chi connectivity index (χ1n) is 7.43. The van der Waals surface area contributed by atoms with Crippen LogP contribution < -0.4 is 0 Å². The number of nitrogens with zero attached hydrogens (tertiary/aromatic N) is 2. The molecule has 2 rings (SSSR count). The lowest BCUT2D eigenvalue weighted by Crippen LogP contribution is -2.30. The molecule has 0 aliphatic heterocycles. The zero-order valence-corrected chi connectivity index (χ0v) is 14.7. The Morgan fingerprint density at radius 1 is 1.21 bits per heavy atom. The first-order chi connectivity index (χ1) is 11.2. The summed E-state index contributed by atoms with van der Waals surface area (Å²) in [5.74, 6) is -1.14. The molecule has 1 heterocycles. The third-order valence-electron chi connectivity index (χ3n) is 4.02. The summed E-state index contributed by atoms with van der Waals surface area (Å²) in [7, 11) is -2.27. The molecular formula is C17H20N2O4S. The minimum Gasteiger partial charge on any atom is -0.478 e. The number of benzene rings is 1. The highest BCUT2D eigenvalue weighted by atomic mass is 32.2. The maximum Gasteiger partial charge on any atom is 0.335 e. The highest BCUT2D eigenvalue weighted by Crippen LogP contribution is 2.24. The van der Waals surface area contributed by atoms with Crippen LogP contribution in [-0.2, 0) is 16.4 Å². The van der Waals surface area contributed by atoms with Gasteiger partial charge in [0.15, 0.2) is 0 Å². The number of hydrogen-bond acceptors (Lipinski definition) is 4. The Hall–Kier alpha value is -2.25. The van der Waals surface area contributed by atoms with Gasteiger partial charge in [-0.2, -0.15) is 0 Å². The van der Waals surface area contributed by atoms with Gasteiger partial charge in [0.1, 0.15) is 0 Å². The van der Waals surface area contributed by atoms with Gasteiger partial charge in [0.25, 0.3) is 0 Å². The first-order valence-corrected chi connectivity index (χ1v) is 8.87. The van der Waals surface area contributed by atoms with Gasteiger partial charge in [-0.25, -0.2) is 17.5 Å². The summed E-state index contributed by atoms with van der Waals surface area (Å²) in [6.07, 6.45) is 3.87. The fourth-order valence-electron chi connectivity index (χ4n) is 2.34. The lowest BCUT2D eigenvalue weighted by atomic mass is 10.1. The van der Waals surface area contributed by atoms with Crippen molar-refractivity contribution in [2.75, 3.05) is 13.6 Å². The van der Waals surface area contributed by atoms with E-state index in [0.717, 1.165) is 5.56 Å². The van der Waals surface area contributed by atoms with Crippen LogP contribution in [0.25, 0.3) is 0 Å². The Morgan fingerprint density at radius 3 is 2.42 bits per heavy atom. The predicted octanol–water partition coefficient (Wildman–Crippen LogP) is 2.26. The van der Waals surface area contributed by atoms with E-state index < -0.39 is 16.0 Å². The van der Waals surface area contributed by atoms with E-state index in [1.165, 1.54) is 23.5 Å². The molecule has 0 bridgehead atoms. The van der Waals surface area contributed by atoms with Gasteiger partial charge in [-0.3, -0.25) is 4.98 Å². The van der Waals surface area contributed by atoms with Crippen LogP contribution in [0.2, 0.25) is 0 Å². The lowest BCUT2D eigenvalue weighted by molar-refractivity contribution is 0.0696. The van der Waals surface area contributed by atoms with E-state index in [1.807, 2.05) is 12.1 Å². The number of carboxylic acids is 1. The summed E-state index contributed by atoms with van der Waals surface area (Å²) in [6.45, 7) is 3.68. The Labute approximate surface area is 141 Å². The van der Waals surface area contributed by atoms with Crippen LogP contribution in [0, 0.1) is 13.8 Å². The van der Waals surface area contributed by atoms with Gasteiger partial charge < -0.3 is 5.11 Å². The van der Waals surface area contributed by atoms with Crippen molar-refractivity contribution in [1.82, 2.24) is 9.29 Å². The zero-order chi connectivity index (χ0) is 17.9. The fourth-order valence-corrected chi connectivity index (χ4v) is 3.83. The van der Waals surface area contributed by atoms with Crippen LogP contribution in [0.3, 0.4) is 0 Å². The fraction of sp³-hybridized carbons (Fsp3) is 0.294. The molecule has 0 unspecified atom stereocenters. The van der Waals surface area contributed by atoms with Crippen LogP contribution in [0.15, 0.2) is 41.6 Å². The molecule has 1 aromatic carbocycles. The van der Waals surface area contributed by atoms with Gasteiger partial charge in [-0.1, -0.05) is 0 Å². The van der Waals surface area contributed by atoms with Crippen LogP contribution in [0.5, 0.6) is 0 Å². The molecule has 0 radical (unpaired) electrons. The Kier molecular flexibility index (Phi) is 5.36. The Bertz CT molecular complexity index is 848.